The van der Waals surface area contributed by atoms with Crippen molar-refractivity contribution in [1.82, 2.24) is 5.32 Å². The van der Waals surface area contributed by atoms with Crippen molar-refractivity contribution in [3.05, 3.63) is 52.5 Å². The number of carbonyl (C=O) groups excluding carboxylic acids is 1. The molecule has 0 aliphatic carbocycles. The van der Waals surface area contributed by atoms with Gasteiger partial charge in [0.2, 0.25) is 0 Å². The van der Waals surface area contributed by atoms with Gasteiger partial charge >= 0.3 is 6.03 Å². The molecule has 0 aliphatic rings. The van der Waals surface area contributed by atoms with E-state index < -0.39 is 0 Å². The Kier molecular flexibility index (Phi) is 6.29. The molecule has 0 atom stereocenters. The van der Waals surface area contributed by atoms with Gasteiger partial charge in [0.15, 0.2) is 0 Å². The monoisotopic (exact) mass is 378 g/mol. The molecule has 2 aromatic rings. The average molecular weight is 379 g/mol. The summed E-state index contributed by atoms with van der Waals surface area (Å²) in [4.78, 5) is 11.9. The first-order valence-corrected chi connectivity index (χ1v) is 7.96. The van der Waals surface area contributed by atoms with Gasteiger partial charge in [-0.25, -0.2) is 4.79 Å². The maximum absolute atomic E-state index is 11.9. The van der Waals surface area contributed by atoms with E-state index in [1.807, 2.05) is 49.4 Å². The minimum absolute atomic E-state index is 0.301. The lowest BCUT2D eigenvalue weighted by Crippen LogP contribution is -2.32. The average Bonchev–Trinajstić information content (AvgIpc) is 2.53. The maximum Gasteiger partial charge on any atom is 0.319 e. The molecule has 2 rings (SSSR count). The van der Waals surface area contributed by atoms with Gasteiger partial charge in [-0.05, 0) is 52.7 Å². The van der Waals surface area contributed by atoms with Crippen LogP contribution in [0.15, 0.2) is 46.9 Å². The van der Waals surface area contributed by atoms with Crippen molar-refractivity contribution in [3.8, 4) is 11.5 Å². The Morgan fingerprint density at radius 2 is 1.96 bits per heavy atom. The summed E-state index contributed by atoms with van der Waals surface area (Å²) in [6, 6.07) is 12.9. The number of rotatable bonds is 6. The summed E-state index contributed by atoms with van der Waals surface area (Å²) in [5.41, 5.74) is 1.68. The Morgan fingerprint density at radius 1 is 1.17 bits per heavy atom. The van der Waals surface area contributed by atoms with Gasteiger partial charge in [0, 0.05) is 0 Å². The highest BCUT2D eigenvalue weighted by Crippen LogP contribution is 2.25. The van der Waals surface area contributed by atoms with E-state index in [4.69, 9.17) is 9.47 Å². The normalized spacial score (nSPS) is 10.0. The molecule has 0 saturated carbocycles. The lowest BCUT2D eigenvalue weighted by atomic mass is 10.2. The van der Waals surface area contributed by atoms with Crippen LogP contribution in [0.4, 0.5) is 10.5 Å². The molecule has 2 amide bonds. The van der Waals surface area contributed by atoms with E-state index in [1.54, 1.807) is 7.11 Å². The number of hydrogen-bond donors (Lipinski definition) is 2. The third-order valence-electron chi connectivity index (χ3n) is 3.09. The second-order valence-corrected chi connectivity index (χ2v) is 5.72. The number of anilines is 1. The van der Waals surface area contributed by atoms with Gasteiger partial charge < -0.3 is 20.1 Å². The number of nitrogens with one attached hydrogen (secondary N) is 2. The Balaban J connectivity index is 1.80. The smallest absolute Gasteiger partial charge is 0.319 e. The van der Waals surface area contributed by atoms with Crippen molar-refractivity contribution >= 4 is 27.6 Å². The number of para-hydroxylation sites is 1. The summed E-state index contributed by atoms with van der Waals surface area (Å²) in [7, 11) is 1.57. The SMILES string of the molecule is COc1ccc(C)cc1NC(=O)NCCOc1ccccc1Br. The molecule has 0 bridgehead atoms. The molecule has 0 fully saturated rings. The predicted molar refractivity (Wildman–Crippen MR) is 94.4 cm³/mol. The Labute approximate surface area is 144 Å². The standard InChI is InChI=1S/C17H19BrN2O3/c1-12-7-8-16(22-2)14(11-12)20-17(21)19-9-10-23-15-6-4-3-5-13(15)18/h3-8,11H,9-10H2,1-2H3,(H2,19,20,21). The molecule has 2 N–H and O–H groups in total. The number of benzene rings is 2. The molecule has 5 nitrogen and oxygen atoms in total. The van der Waals surface area contributed by atoms with Gasteiger partial charge in [0.05, 0.1) is 23.8 Å². The lowest BCUT2D eigenvalue weighted by Gasteiger charge is -2.12. The lowest BCUT2D eigenvalue weighted by molar-refractivity contribution is 0.247. The summed E-state index contributed by atoms with van der Waals surface area (Å²) in [6.45, 7) is 2.72. The minimum atomic E-state index is -0.301. The van der Waals surface area contributed by atoms with E-state index in [1.165, 1.54) is 0 Å². The highest BCUT2D eigenvalue weighted by atomic mass is 79.9. The first-order valence-electron chi connectivity index (χ1n) is 7.17. The van der Waals surface area contributed by atoms with Gasteiger partial charge in [0.25, 0.3) is 0 Å². The van der Waals surface area contributed by atoms with Crippen molar-refractivity contribution in [2.24, 2.45) is 0 Å². The minimum Gasteiger partial charge on any atom is -0.495 e. The Bertz CT molecular complexity index is 677. The zero-order valence-electron chi connectivity index (χ0n) is 13.1. The molecule has 0 aliphatic heterocycles. The fourth-order valence-corrected chi connectivity index (χ4v) is 2.37. The summed E-state index contributed by atoms with van der Waals surface area (Å²) in [5, 5.41) is 5.52. The molecule has 0 heterocycles. The molecule has 0 unspecified atom stereocenters. The highest BCUT2D eigenvalue weighted by Gasteiger charge is 2.07. The van der Waals surface area contributed by atoms with Crippen LogP contribution in [-0.2, 0) is 0 Å². The highest BCUT2D eigenvalue weighted by molar-refractivity contribution is 9.10. The summed E-state index contributed by atoms with van der Waals surface area (Å²) >= 11 is 3.41. The number of aryl methyl sites for hydroxylation is 1. The second kappa shape index (κ2) is 8.43. The van der Waals surface area contributed by atoms with Crippen LogP contribution in [0.25, 0.3) is 0 Å². The van der Waals surface area contributed by atoms with Crippen molar-refractivity contribution in [1.29, 1.82) is 0 Å². The van der Waals surface area contributed by atoms with Crippen LogP contribution in [0.3, 0.4) is 0 Å². The van der Waals surface area contributed by atoms with Crippen LogP contribution < -0.4 is 20.1 Å². The number of methoxy groups -OCH3 is 1. The maximum atomic E-state index is 11.9. The van der Waals surface area contributed by atoms with Gasteiger partial charge in [-0.3, -0.25) is 0 Å². The Hall–Kier alpha value is -2.21. The third-order valence-corrected chi connectivity index (χ3v) is 3.74. The third kappa shape index (κ3) is 5.17. The van der Waals surface area contributed by atoms with E-state index >= 15 is 0 Å². The predicted octanol–water partition coefficient (Wildman–Crippen LogP) is 3.97. The zero-order chi connectivity index (χ0) is 16.7. The van der Waals surface area contributed by atoms with E-state index in [-0.39, 0.29) is 6.03 Å². The molecular weight excluding hydrogens is 360 g/mol. The van der Waals surface area contributed by atoms with Gasteiger partial charge in [-0.1, -0.05) is 18.2 Å². The second-order valence-electron chi connectivity index (χ2n) is 4.86. The van der Waals surface area contributed by atoms with Crippen LogP contribution in [0, 0.1) is 6.92 Å². The summed E-state index contributed by atoms with van der Waals surface area (Å²) in [5.74, 6) is 1.37. The van der Waals surface area contributed by atoms with E-state index in [2.05, 4.69) is 26.6 Å². The Morgan fingerprint density at radius 3 is 2.70 bits per heavy atom. The summed E-state index contributed by atoms with van der Waals surface area (Å²) in [6.07, 6.45) is 0. The first-order chi connectivity index (χ1) is 11.1. The quantitative estimate of drug-likeness (QED) is 0.747. The van der Waals surface area contributed by atoms with Gasteiger partial charge in [-0.15, -0.1) is 0 Å². The first kappa shape index (κ1) is 17.1. The van der Waals surface area contributed by atoms with E-state index in [9.17, 15) is 4.79 Å². The number of carbonyl (C=O) groups is 1. The van der Waals surface area contributed by atoms with E-state index in [0.29, 0.717) is 24.6 Å². The molecule has 0 saturated heterocycles. The molecule has 2 aromatic carbocycles. The van der Waals surface area contributed by atoms with Crippen LogP contribution in [0.2, 0.25) is 0 Å². The molecule has 23 heavy (non-hydrogen) atoms. The molecule has 6 heteroatoms. The van der Waals surface area contributed by atoms with Gasteiger partial charge in [0.1, 0.15) is 18.1 Å². The summed E-state index contributed by atoms with van der Waals surface area (Å²) < 4.78 is 11.7. The molecule has 0 aromatic heterocycles. The van der Waals surface area contributed by atoms with Crippen molar-refractivity contribution < 1.29 is 14.3 Å². The number of amides is 2. The van der Waals surface area contributed by atoms with Crippen molar-refractivity contribution in [3.63, 3.8) is 0 Å². The van der Waals surface area contributed by atoms with E-state index in [0.717, 1.165) is 15.8 Å². The number of halogens is 1. The fourth-order valence-electron chi connectivity index (χ4n) is 1.97. The molecular formula is C17H19BrN2O3. The largest absolute Gasteiger partial charge is 0.495 e. The fraction of sp³-hybridized carbons (Fsp3) is 0.235. The molecule has 0 spiro atoms. The van der Waals surface area contributed by atoms with Gasteiger partial charge in [-0.2, -0.15) is 0 Å². The topological polar surface area (TPSA) is 59.6 Å². The number of ether oxygens (including phenoxy) is 2. The van der Waals surface area contributed by atoms with Crippen LogP contribution in [-0.4, -0.2) is 26.3 Å². The van der Waals surface area contributed by atoms with Crippen LogP contribution >= 0.6 is 15.9 Å². The van der Waals surface area contributed by atoms with Crippen molar-refractivity contribution in [2.45, 2.75) is 6.92 Å². The zero-order valence-corrected chi connectivity index (χ0v) is 14.6. The van der Waals surface area contributed by atoms with Crippen LogP contribution in [0.1, 0.15) is 5.56 Å². The molecule has 0 radical (unpaired) electrons. The van der Waals surface area contributed by atoms with Crippen LogP contribution in [0.5, 0.6) is 11.5 Å². The number of hydrogen-bond acceptors (Lipinski definition) is 3. The number of urea groups is 1. The van der Waals surface area contributed by atoms with Crippen molar-refractivity contribution in [2.75, 3.05) is 25.6 Å². The molecule has 122 valence electrons.